The lowest BCUT2D eigenvalue weighted by Gasteiger charge is -1.95. The van der Waals surface area contributed by atoms with Crippen LogP contribution in [0.5, 0.6) is 0 Å². The fourth-order valence-corrected chi connectivity index (χ4v) is 1.85. The van der Waals surface area contributed by atoms with Gasteiger partial charge in [-0.3, -0.25) is 0 Å². The molecular formula is C9H5N4S. The number of aromatic amines is 1. The van der Waals surface area contributed by atoms with Crippen LogP contribution in [0.1, 0.15) is 0 Å². The van der Waals surface area contributed by atoms with Crippen molar-refractivity contribution in [2.45, 2.75) is 0 Å². The van der Waals surface area contributed by atoms with Crippen molar-refractivity contribution < 1.29 is 0 Å². The van der Waals surface area contributed by atoms with Gasteiger partial charge in [0.1, 0.15) is 5.69 Å². The summed E-state index contributed by atoms with van der Waals surface area (Å²) < 4.78 is 3.83. The van der Waals surface area contributed by atoms with Crippen LogP contribution in [0.3, 0.4) is 0 Å². The molecular weight excluding hydrogens is 196 g/mol. The van der Waals surface area contributed by atoms with E-state index in [1.165, 1.54) is 11.5 Å². The second-order valence-electron chi connectivity index (χ2n) is 2.84. The van der Waals surface area contributed by atoms with Crippen LogP contribution in [-0.4, -0.2) is 19.6 Å². The van der Waals surface area contributed by atoms with E-state index in [-0.39, 0.29) is 0 Å². The summed E-state index contributed by atoms with van der Waals surface area (Å²) >= 11 is 1.34. The largest absolute Gasteiger partial charge is 0.335 e. The highest BCUT2D eigenvalue weighted by molar-refractivity contribution is 7.03. The number of nitrogens with zero attached hydrogens (tertiary/aromatic N) is 3. The number of fused-ring (bicyclic) bond motifs is 1. The summed E-state index contributed by atoms with van der Waals surface area (Å²) in [5, 5.41) is 5.92. The topological polar surface area (TPSA) is 54.5 Å². The average Bonchev–Trinajstić information content (AvgIpc) is 2.88. The van der Waals surface area contributed by atoms with Gasteiger partial charge in [-0.1, -0.05) is 16.6 Å². The summed E-state index contributed by atoms with van der Waals surface area (Å²) in [5.74, 6) is 0. The highest BCUT2D eigenvalue weighted by atomic mass is 32.1. The monoisotopic (exact) mass is 201 g/mol. The Morgan fingerprint density at radius 1 is 1.36 bits per heavy atom. The maximum Gasteiger partial charge on any atom is 0.174 e. The molecule has 2 heterocycles. The van der Waals surface area contributed by atoms with Crippen LogP contribution in [0, 0.1) is 6.33 Å². The van der Waals surface area contributed by atoms with E-state index in [1.54, 1.807) is 0 Å². The van der Waals surface area contributed by atoms with Crippen molar-refractivity contribution in [3.8, 4) is 11.3 Å². The van der Waals surface area contributed by atoms with Crippen LogP contribution < -0.4 is 0 Å². The van der Waals surface area contributed by atoms with Crippen molar-refractivity contribution in [3.05, 3.63) is 29.9 Å². The van der Waals surface area contributed by atoms with Crippen molar-refractivity contribution in [1.29, 1.82) is 0 Å². The maximum atomic E-state index is 4.13. The van der Waals surface area contributed by atoms with Gasteiger partial charge < -0.3 is 4.98 Å². The van der Waals surface area contributed by atoms with Gasteiger partial charge in [0, 0.05) is 10.9 Å². The van der Waals surface area contributed by atoms with E-state index in [0.717, 1.165) is 22.3 Å². The van der Waals surface area contributed by atoms with E-state index in [9.17, 15) is 0 Å². The van der Waals surface area contributed by atoms with Crippen LogP contribution in [0.2, 0.25) is 0 Å². The summed E-state index contributed by atoms with van der Waals surface area (Å²) in [5.41, 5.74) is 3.71. The lowest BCUT2D eigenvalue weighted by molar-refractivity contribution is 1.16. The maximum absolute atomic E-state index is 4.13. The smallest absolute Gasteiger partial charge is 0.174 e. The zero-order valence-corrected chi connectivity index (χ0v) is 7.88. The first-order chi connectivity index (χ1) is 6.95. The molecule has 3 rings (SSSR count). The molecule has 0 aliphatic heterocycles. The third-order valence-electron chi connectivity index (χ3n) is 2.03. The van der Waals surface area contributed by atoms with E-state index in [2.05, 4.69) is 25.9 Å². The first-order valence-electron chi connectivity index (χ1n) is 4.07. The second-order valence-corrected chi connectivity index (χ2v) is 3.45. The normalized spacial score (nSPS) is 10.9. The Bertz CT molecular complexity index is 555. The standard InChI is InChI=1S/C9H5N4S/c1-2-6(8-4-14-13-12-8)9-7(3-1)10-5-11-9/h1-4H,(H,10,11). The predicted octanol–water partition coefficient (Wildman–Crippen LogP) is 1.88. The van der Waals surface area contributed by atoms with E-state index >= 15 is 0 Å². The second kappa shape index (κ2) is 2.88. The molecule has 0 unspecified atom stereocenters. The van der Waals surface area contributed by atoms with Crippen LogP contribution in [-0.2, 0) is 0 Å². The number of benzene rings is 1. The highest BCUT2D eigenvalue weighted by Gasteiger charge is 2.07. The Morgan fingerprint density at radius 3 is 3.21 bits per heavy atom. The Hall–Kier alpha value is -1.75. The van der Waals surface area contributed by atoms with Gasteiger partial charge in [0.15, 0.2) is 6.33 Å². The molecule has 0 atom stereocenters. The Balaban J connectivity index is 2.36. The van der Waals surface area contributed by atoms with Crippen molar-refractivity contribution in [2.24, 2.45) is 0 Å². The fourth-order valence-electron chi connectivity index (χ4n) is 1.40. The molecule has 0 saturated carbocycles. The summed E-state index contributed by atoms with van der Waals surface area (Å²) in [6.45, 7) is 0. The summed E-state index contributed by atoms with van der Waals surface area (Å²) in [4.78, 5) is 7.07. The molecule has 1 radical (unpaired) electrons. The minimum atomic E-state index is 0.862. The Morgan fingerprint density at radius 2 is 2.36 bits per heavy atom. The molecule has 14 heavy (non-hydrogen) atoms. The van der Waals surface area contributed by atoms with Crippen molar-refractivity contribution in [2.75, 3.05) is 0 Å². The van der Waals surface area contributed by atoms with Crippen molar-refractivity contribution in [1.82, 2.24) is 19.6 Å². The Labute approximate surface area is 83.8 Å². The number of para-hydroxylation sites is 1. The molecule has 1 aromatic carbocycles. The fraction of sp³-hybridized carbons (Fsp3) is 0. The van der Waals surface area contributed by atoms with E-state index in [1.807, 2.05) is 23.6 Å². The number of aromatic nitrogens is 4. The highest BCUT2D eigenvalue weighted by Crippen LogP contribution is 2.24. The van der Waals surface area contributed by atoms with Crippen LogP contribution >= 0.6 is 11.5 Å². The lowest BCUT2D eigenvalue weighted by atomic mass is 10.1. The molecule has 0 spiro atoms. The molecule has 5 heteroatoms. The van der Waals surface area contributed by atoms with Crippen molar-refractivity contribution in [3.63, 3.8) is 0 Å². The van der Waals surface area contributed by atoms with E-state index in [0.29, 0.717) is 0 Å². The van der Waals surface area contributed by atoms with E-state index in [4.69, 9.17) is 0 Å². The van der Waals surface area contributed by atoms with Gasteiger partial charge in [-0.05, 0) is 17.6 Å². The van der Waals surface area contributed by atoms with E-state index < -0.39 is 0 Å². The third kappa shape index (κ3) is 1.03. The molecule has 4 nitrogen and oxygen atoms in total. The first-order valence-corrected chi connectivity index (χ1v) is 4.91. The predicted molar refractivity (Wildman–Crippen MR) is 53.8 cm³/mol. The van der Waals surface area contributed by atoms with Gasteiger partial charge in [0.05, 0.1) is 11.0 Å². The molecule has 3 aromatic rings. The molecule has 0 fully saturated rings. The minimum Gasteiger partial charge on any atom is -0.335 e. The van der Waals surface area contributed by atoms with Gasteiger partial charge in [-0.2, -0.15) is 0 Å². The van der Waals surface area contributed by atoms with Gasteiger partial charge in [-0.15, -0.1) is 5.10 Å². The molecule has 0 saturated heterocycles. The van der Waals surface area contributed by atoms with Gasteiger partial charge in [-0.25, -0.2) is 4.98 Å². The number of hydrogen-bond acceptors (Lipinski definition) is 4. The SMILES string of the molecule is [c]1nc2c(-c3csnn3)cccc2[nH]1. The molecule has 1 N–H and O–H groups in total. The van der Waals surface area contributed by atoms with Crippen molar-refractivity contribution >= 4 is 22.6 Å². The average molecular weight is 201 g/mol. The molecule has 0 aliphatic carbocycles. The number of hydrogen-bond donors (Lipinski definition) is 1. The molecule has 67 valence electrons. The van der Waals surface area contributed by atoms with Gasteiger partial charge >= 0.3 is 0 Å². The summed E-state index contributed by atoms with van der Waals surface area (Å²) in [6.07, 6.45) is 2.72. The zero-order valence-electron chi connectivity index (χ0n) is 7.06. The molecule has 0 amide bonds. The molecule has 2 aromatic heterocycles. The molecule has 0 aliphatic rings. The van der Waals surface area contributed by atoms with Gasteiger partial charge in [0.25, 0.3) is 0 Å². The number of rotatable bonds is 1. The minimum absolute atomic E-state index is 0.862. The number of imidazole rings is 1. The van der Waals surface area contributed by atoms with Gasteiger partial charge in [0.2, 0.25) is 0 Å². The quantitative estimate of drug-likeness (QED) is 0.654. The number of nitrogens with one attached hydrogen (secondary N) is 1. The number of H-pyrrole nitrogens is 1. The van der Waals surface area contributed by atoms with Crippen LogP contribution in [0.15, 0.2) is 23.6 Å². The van der Waals surface area contributed by atoms with Crippen LogP contribution in [0.4, 0.5) is 0 Å². The molecule has 0 bridgehead atoms. The summed E-state index contributed by atoms with van der Waals surface area (Å²) in [7, 11) is 0. The summed E-state index contributed by atoms with van der Waals surface area (Å²) in [6, 6.07) is 5.90. The zero-order chi connectivity index (χ0) is 9.38. The third-order valence-corrected chi connectivity index (χ3v) is 2.53. The first kappa shape index (κ1) is 7.64. The lowest BCUT2D eigenvalue weighted by Crippen LogP contribution is -1.80. The van der Waals surface area contributed by atoms with Crippen LogP contribution in [0.25, 0.3) is 22.3 Å². The Kier molecular flexibility index (Phi) is 1.57.